The van der Waals surface area contributed by atoms with Gasteiger partial charge in [-0.2, -0.15) is 4.57 Å². The van der Waals surface area contributed by atoms with E-state index in [1.54, 1.807) is 37.7 Å². The first-order valence-corrected chi connectivity index (χ1v) is 7.73. The number of benzene rings is 1. The SMILES string of the molecule is CCOC(=O)c1c(C(=O)OCC)[n+](C)cc2ccccc12.F[B-](F)(F)F. The number of nitrogens with zero attached hydrogens (tertiary/aromatic N) is 1. The number of rotatable bonds is 4. The van der Waals surface area contributed by atoms with Gasteiger partial charge in [-0.15, -0.1) is 0 Å². The van der Waals surface area contributed by atoms with Gasteiger partial charge in [0, 0.05) is 10.8 Å². The molecule has 0 fully saturated rings. The summed E-state index contributed by atoms with van der Waals surface area (Å²) in [5.74, 6) is -1.05. The summed E-state index contributed by atoms with van der Waals surface area (Å²) < 4.78 is 50.8. The molecule has 0 amide bonds. The summed E-state index contributed by atoms with van der Waals surface area (Å²) in [6.07, 6.45) is 1.80. The van der Waals surface area contributed by atoms with Crippen molar-refractivity contribution in [1.29, 1.82) is 0 Å². The molecular formula is C16H18BF4NO4. The number of halogens is 4. The van der Waals surface area contributed by atoms with Crippen LogP contribution in [-0.2, 0) is 16.5 Å². The van der Waals surface area contributed by atoms with Crippen LogP contribution in [0.1, 0.15) is 34.7 Å². The molecule has 0 atom stereocenters. The van der Waals surface area contributed by atoms with Crippen molar-refractivity contribution < 1.29 is 40.9 Å². The summed E-state index contributed by atoms with van der Waals surface area (Å²) in [4.78, 5) is 24.5. The van der Waals surface area contributed by atoms with E-state index in [0.717, 1.165) is 5.39 Å². The molecule has 1 heterocycles. The molecule has 2 rings (SSSR count). The molecule has 0 aliphatic carbocycles. The maximum absolute atomic E-state index is 12.3. The second-order valence-corrected chi connectivity index (χ2v) is 4.99. The van der Waals surface area contributed by atoms with Crippen molar-refractivity contribution in [3.63, 3.8) is 0 Å². The number of aryl methyl sites for hydroxylation is 1. The third-order valence-corrected chi connectivity index (χ3v) is 3.10. The van der Waals surface area contributed by atoms with Crippen LogP contribution in [0.3, 0.4) is 0 Å². The van der Waals surface area contributed by atoms with E-state index in [1.165, 1.54) is 0 Å². The van der Waals surface area contributed by atoms with Crippen LogP contribution in [0, 0.1) is 0 Å². The van der Waals surface area contributed by atoms with Crippen LogP contribution in [0.4, 0.5) is 17.3 Å². The largest absolute Gasteiger partial charge is 0.673 e. The minimum atomic E-state index is -6.00. The van der Waals surface area contributed by atoms with Crippen molar-refractivity contribution in [3.05, 3.63) is 41.7 Å². The molecule has 0 saturated heterocycles. The lowest BCUT2D eigenvalue weighted by Crippen LogP contribution is -2.39. The molecule has 10 heteroatoms. The highest BCUT2D eigenvalue weighted by Crippen LogP contribution is 2.21. The molecule has 5 nitrogen and oxygen atoms in total. The van der Waals surface area contributed by atoms with E-state index in [9.17, 15) is 26.9 Å². The molecule has 0 bridgehead atoms. The van der Waals surface area contributed by atoms with Gasteiger partial charge in [0.15, 0.2) is 6.20 Å². The van der Waals surface area contributed by atoms with Gasteiger partial charge in [-0.3, -0.25) is 0 Å². The molecule has 26 heavy (non-hydrogen) atoms. The molecule has 0 spiro atoms. The predicted molar refractivity (Wildman–Crippen MR) is 87.2 cm³/mol. The molecule has 1 aromatic carbocycles. The van der Waals surface area contributed by atoms with E-state index in [4.69, 9.17) is 9.47 Å². The van der Waals surface area contributed by atoms with Crippen molar-refractivity contribution in [1.82, 2.24) is 0 Å². The van der Waals surface area contributed by atoms with E-state index >= 15 is 0 Å². The molecule has 142 valence electrons. The highest BCUT2D eigenvalue weighted by molar-refractivity contribution is 6.50. The molecule has 0 radical (unpaired) electrons. The van der Waals surface area contributed by atoms with Crippen LogP contribution in [-0.4, -0.2) is 32.4 Å². The minimum Gasteiger partial charge on any atom is -0.462 e. The predicted octanol–water partition coefficient (Wildman–Crippen LogP) is 3.32. The van der Waals surface area contributed by atoms with E-state index in [1.807, 2.05) is 18.2 Å². The summed E-state index contributed by atoms with van der Waals surface area (Å²) in [5, 5.41) is 1.54. The zero-order valence-electron chi connectivity index (χ0n) is 14.5. The van der Waals surface area contributed by atoms with Crippen LogP contribution in [0.2, 0.25) is 0 Å². The van der Waals surface area contributed by atoms with Crippen molar-refractivity contribution in [2.75, 3.05) is 13.2 Å². The number of ether oxygens (including phenoxy) is 2. The highest BCUT2D eigenvalue weighted by atomic mass is 19.5. The molecule has 0 N–H and O–H groups in total. The number of fused-ring (bicyclic) bond motifs is 1. The monoisotopic (exact) mass is 375 g/mol. The van der Waals surface area contributed by atoms with Crippen molar-refractivity contribution in [2.24, 2.45) is 7.05 Å². The van der Waals surface area contributed by atoms with Crippen LogP contribution >= 0.6 is 0 Å². The zero-order valence-corrected chi connectivity index (χ0v) is 14.5. The second kappa shape index (κ2) is 9.16. The van der Waals surface area contributed by atoms with E-state index in [0.29, 0.717) is 5.39 Å². The third kappa shape index (κ3) is 6.01. The van der Waals surface area contributed by atoms with Gasteiger partial charge in [-0.1, -0.05) is 18.2 Å². The van der Waals surface area contributed by atoms with Gasteiger partial charge < -0.3 is 26.7 Å². The van der Waals surface area contributed by atoms with Gasteiger partial charge in [0.25, 0.3) is 0 Å². The summed E-state index contributed by atoms with van der Waals surface area (Å²) >= 11 is 0. The molecule has 0 aliphatic rings. The molecule has 1 aromatic heterocycles. The van der Waals surface area contributed by atoms with Crippen LogP contribution in [0.25, 0.3) is 10.8 Å². The Labute approximate surface area is 147 Å². The van der Waals surface area contributed by atoms with E-state index in [-0.39, 0.29) is 24.5 Å². The van der Waals surface area contributed by atoms with Crippen LogP contribution < -0.4 is 4.57 Å². The minimum absolute atomic E-state index is 0.203. The Hall–Kier alpha value is -2.65. The number of aromatic nitrogens is 1. The summed E-state index contributed by atoms with van der Waals surface area (Å²) in [6, 6.07) is 7.37. The Kier molecular flexibility index (Phi) is 7.54. The number of pyridine rings is 1. The lowest BCUT2D eigenvalue weighted by molar-refractivity contribution is -0.672. The average molecular weight is 375 g/mol. The van der Waals surface area contributed by atoms with Gasteiger partial charge in [-0.25, -0.2) is 9.59 Å². The maximum atomic E-state index is 12.3. The fourth-order valence-electron chi connectivity index (χ4n) is 2.27. The van der Waals surface area contributed by atoms with Crippen LogP contribution in [0.15, 0.2) is 30.5 Å². The van der Waals surface area contributed by atoms with Gasteiger partial charge in [0.1, 0.15) is 12.6 Å². The Bertz CT molecular complexity index is 790. The second-order valence-electron chi connectivity index (χ2n) is 4.99. The summed E-state index contributed by atoms with van der Waals surface area (Å²) in [7, 11) is -4.29. The standard InChI is InChI=1S/C16H18NO4.BF4/c1-4-20-15(18)13-12-9-7-6-8-11(12)10-17(3)14(13)16(19)21-5-2;2-1(3,4)5/h6-10H,4-5H2,1-3H3;/q+1;-1. The lowest BCUT2D eigenvalue weighted by atomic mass is 10.0. The van der Waals surface area contributed by atoms with Crippen molar-refractivity contribution in [2.45, 2.75) is 13.8 Å². The van der Waals surface area contributed by atoms with Crippen molar-refractivity contribution >= 4 is 30.0 Å². The Morgan fingerprint density at radius 1 is 1.00 bits per heavy atom. The quantitative estimate of drug-likeness (QED) is 0.356. The van der Waals surface area contributed by atoms with Gasteiger partial charge in [-0.05, 0) is 19.9 Å². The topological polar surface area (TPSA) is 56.5 Å². The number of hydrogen-bond donors (Lipinski definition) is 0. The lowest BCUT2D eigenvalue weighted by Gasteiger charge is -2.09. The Balaban J connectivity index is 0.000000597. The van der Waals surface area contributed by atoms with Gasteiger partial charge in [0.2, 0.25) is 0 Å². The normalized spacial score (nSPS) is 10.7. The fraction of sp³-hybridized carbons (Fsp3) is 0.312. The van der Waals surface area contributed by atoms with Crippen molar-refractivity contribution in [3.8, 4) is 0 Å². The number of carbonyl (C=O) groups is 2. The molecule has 0 unspecified atom stereocenters. The Morgan fingerprint density at radius 2 is 1.50 bits per heavy atom. The summed E-state index contributed by atoms with van der Waals surface area (Å²) in [6.45, 7) is 3.94. The zero-order chi connectivity index (χ0) is 19.9. The first-order valence-electron chi connectivity index (χ1n) is 7.73. The number of carbonyl (C=O) groups excluding carboxylic acids is 2. The van der Waals surface area contributed by atoms with E-state index < -0.39 is 19.2 Å². The fourth-order valence-corrected chi connectivity index (χ4v) is 2.27. The first kappa shape index (κ1) is 21.4. The molecule has 0 aliphatic heterocycles. The summed E-state index contributed by atoms with van der Waals surface area (Å²) in [5.41, 5.74) is 0.449. The average Bonchev–Trinajstić information content (AvgIpc) is 2.52. The molecule has 2 aromatic rings. The van der Waals surface area contributed by atoms with Gasteiger partial charge >= 0.3 is 24.9 Å². The third-order valence-electron chi connectivity index (χ3n) is 3.10. The smallest absolute Gasteiger partial charge is 0.462 e. The molecule has 0 saturated carbocycles. The first-order chi connectivity index (χ1) is 12.1. The van der Waals surface area contributed by atoms with E-state index in [2.05, 4.69) is 0 Å². The number of hydrogen-bond acceptors (Lipinski definition) is 4. The number of esters is 2. The highest BCUT2D eigenvalue weighted by Gasteiger charge is 2.31. The van der Waals surface area contributed by atoms with Gasteiger partial charge in [0.05, 0.1) is 13.2 Å². The Morgan fingerprint density at radius 3 is 2.04 bits per heavy atom. The molecular weight excluding hydrogens is 357 g/mol. The maximum Gasteiger partial charge on any atom is 0.673 e. The van der Waals surface area contributed by atoms with Crippen LogP contribution in [0.5, 0.6) is 0 Å².